The summed E-state index contributed by atoms with van der Waals surface area (Å²) in [5.74, 6) is -5.64. The molecule has 0 atom stereocenters. The fraction of sp³-hybridized carbons (Fsp3) is 0.214. The first-order chi connectivity index (χ1) is 9.73. The summed E-state index contributed by atoms with van der Waals surface area (Å²) in [5.41, 5.74) is -1.31. The lowest BCUT2D eigenvalue weighted by molar-refractivity contribution is -0.114. The van der Waals surface area contributed by atoms with E-state index in [0.717, 1.165) is 14.0 Å². The predicted octanol–water partition coefficient (Wildman–Crippen LogP) is 1.25. The van der Waals surface area contributed by atoms with Crippen LogP contribution in [-0.2, 0) is 9.53 Å². The summed E-state index contributed by atoms with van der Waals surface area (Å²) >= 11 is 0. The first kappa shape index (κ1) is 14.6. The van der Waals surface area contributed by atoms with Crippen molar-refractivity contribution in [3.63, 3.8) is 0 Å². The third-order valence-electron chi connectivity index (χ3n) is 3.34. The number of aliphatic hydroxyl groups is 1. The number of carbonyl (C=O) groups excluding carboxylic acids is 3. The van der Waals surface area contributed by atoms with Gasteiger partial charge in [0.1, 0.15) is 11.5 Å². The molecule has 0 saturated carbocycles. The van der Waals surface area contributed by atoms with Gasteiger partial charge in [-0.2, -0.15) is 0 Å². The molecule has 7 nitrogen and oxygen atoms in total. The number of ketones is 3. The van der Waals surface area contributed by atoms with Crippen molar-refractivity contribution in [3.05, 3.63) is 28.0 Å². The fourth-order valence-corrected chi connectivity index (χ4v) is 2.35. The number of phenolic OH excluding ortho intramolecular Hbond substituents is 2. The van der Waals surface area contributed by atoms with Crippen molar-refractivity contribution < 1.29 is 34.4 Å². The van der Waals surface area contributed by atoms with E-state index in [2.05, 4.69) is 4.74 Å². The Bertz CT molecular complexity index is 740. The van der Waals surface area contributed by atoms with E-state index in [1.165, 1.54) is 6.92 Å². The minimum absolute atomic E-state index is 0.0112. The van der Waals surface area contributed by atoms with Crippen LogP contribution in [0.25, 0.3) is 5.76 Å². The minimum Gasteiger partial charge on any atom is -0.507 e. The number of phenols is 2. The van der Waals surface area contributed by atoms with E-state index in [0.29, 0.717) is 0 Å². The van der Waals surface area contributed by atoms with E-state index in [9.17, 15) is 29.7 Å². The van der Waals surface area contributed by atoms with Gasteiger partial charge >= 0.3 is 0 Å². The normalized spacial score (nSPS) is 14.2. The Hall–Kier alpha value is -2.83. The number of carbonyl (C=O) groups is 3. The molecule has 0 heterocycles. The van der Waals surface area contributed by atoms with Crippen LogP contribution in [0.5, 0.6) is 11.5 Å². The van der Waals surface area contributed by atoms with Crippen LogP contribution in [-0.4, -0.2) is 39.8 Å². The fourth-order valence-electron chi connectivity index (χ4n) is 2.35. The summed E-state index contributed by atoms with van der Waals surface area (Å²) in [6, 6.07) is 0. The molecule has 0 aromatic heterocycles. The highest BCUT2D eigenvalue weighted by atomic mass is 16.5. The van der Waals surface area contributed by atoms with Gasteiger partial charge in [-0.05, 0) is 13.8 Å². The van der Waals surface area contributed by atoms with Crippen LogP contribution in [0, 0.1) is 6.92 Å². The molecule has 7 heteroatoms. The number of hydrogen-bond acceptors (Lipinski definition) is 7. The lowest BCUT2D eigenvalue weighted by Gasteiger charge is -2.21. The van der Waals surface area contributed by atoms with Gasteiger partial charge in [0, 0.05) is 5.56 Å². The standard InChI is InChI=1S/C14H12O7/c1-4-6(5(2)15)10(17)8-7(9(4)16)12(19)14(21-3)13(20)11(8)18/h16-17,19H,1-3H3. The quantitative estimate of drug-likeness (QED) is 0.426. The molecule has 0 bridgehead atoms. The van der Waals surface area contributed by atoms with E-state index in [4.69, 9.17) is 0 Å². The number of rotatable bonds is 2. The van der Waals surface area contributed by atoms with Gasteiger partial charge in [-0.25, -0.2) is 0 Å². The number of allylic oxidation sites excluding steroid dienone is 1. The van der Waals surface area contributed by atoms with Crippen molar-refractivity contribution in [2.24, 2.45) is 0 Å². The molecule has 0 fully saturated rings. The Morgan fingerprint density at radius 3 is 2.05 bits per heavy atom. The van der Waals surface area contributed by atoms with Crippen LogP contribution in [0.4, 0.5) is 0 Å². The average Bonchev–Trinajstić information content (AvgIpc) is 2.40. The summed E-state index contributed by atoms with van der Waals surface area (Å²) < 4.78 is 4.65. The first-order valence-electron chi connectivity index (χ1n) is 5.90. The van der Waals surface area contributed by atoms with Crippen molar-refractivity contribution in [1.29, 1.82) is 0 Å². The molecule has 0 unspecified atom stereocenters. The van der Waals surface area contributed by atoms with Gasteiger partial charge in [0.2, 0.25) is 11.5 Å². The third kappa shape index (κ3) is 1.78. The molecule has 0 aliphatic heterocycles. The number of benzene rings is 1. The molecule has 0 saturated heterocycles. The summed E-state index contributed by atoms with van der Waals surface area (Å²) in [6.07, 6.45) is 0. The average molecular weight is 292 g/mol. The zero-order valence-corrected chi connectivity index (χ0v) is 11.5. The number of Topliss-reactive ketones (excluding diaryl/α,β-unsaturated/α-hetero) is 3. The highest BCUT2D eigenvalue weighted by Crippen LogP contribution is 2.43. The minimum atomic E-state index is -1.17. The van der Waals surface area contributed by atoms with Crippen molar-refractivity contribution in [3.8, 4) is 11.5 Å². The van der Waals surface area contributed by atoms with Crippen LogP contribution in [0.3, 0.4) is 0 Å². The summed E-state index contributed by atoms with van der Waals surface area (Å²) in [4.78, 5) is 35.4. The Morgan fingerprint density at radius 2 is 1.57 bits per heavy atom. The monoisotopic (exact) mass is 292 g/mol. The smallest absolute Gasteiger partial charge is 0.272 e. The maximum Gasteiger partial charge on any atom is 0.272 e. The Kier molecular flexibility index (Phi) is 3.21. The number of hydrogen-bond donors (Lipinski definition) is 3. The van der Waals surface area contributed by atoms with Gasteiger partial charge < -0.3 is 20.1 Å². The molecule has 0 amide bonds. The van der Waals surface area contributed by atoms with E-state index >= 15 is 0 Å². The van der Waals surface area contributed by atoms with Gasteiger partial charge in [-0.1, -0.05) is 0 Å². The number of methoxy groups -OCH3 is 1. The molecule has 2 rings (SSSR count). The van der Waals surface area contributed by atoms with Gasteiger partial charge in [0.05, 0.1) is 23.8 Å². The Labute approximate surface area is 119 Å². The van der Waals surface area contributed by atoms with Gasteiger partial charge in [0.15, 0.2) is 11.5 Å². The SMILES string of the molecule is COC1=C(O)c2c(O)c(C)c(C(C)=O)c(O)c2C(=O)C1=O. The van der Waals surface area contributed by atoms with Crippen LogP contribution in [0.1, 0.15) is 38.8 Å². The lowest BCUT2D eigenvalue weighted by Crippen LogP contribution is -2.26. The molecule has 0 spiro atoms. The molecule has 1 aliphatic carbocycles. The number of ether oxygens (including phenoxy) is 1. The molecule has 1 aliphatic rings. The molecule has 110 valence electrons. The first-order valence-corrected chi connectivity index (χ1v) is 5.90. The second-order valence-corrected chi connectivity index (χ2v) is 4.54. The topological polar surface area (TPSA) is 121 Å². The van der Waals surface area contributed by atoms with Gasteiger partial charge in [0.25, 0.3) is 5.78 Å². The van der Waals surface area contributed by atoms with Gasteiger partial charge in [-0.15, -0.1) is 0 Å². The zero-order valence-electron chi connectivity index (χ0n) is 11.5. The van der Waals surface area contributed by atoms with Crippen molar-refractivity contribution in [2.45, 2.75) is 13.8 Å². The molecule has 1 aromatic rings. The maximum atomic E-state index is 12.0. The molecular weight excluding hydrogens is 280 g/mol. The van der Waals surface area contributed by atoms with Crippen LogP contribution in [0.2, 0.25) is 0 Å². The molecular formula is C14H12O7. The van der Waals surface area contributed by atoms with E-state index < -0.39 is 51.5 Å². The second kappa shape index (κ2) is 4.62. The molecule has 21 heavy (non-hydrogen) atoms. The highest BCUT2D eigenvalue weighted by Gasteiger charge is 2.40. The van der Waals surface area contributed by atoms with E-state index in [1.807, 2.05) is 0 Å². The van der Waals surface area contributed by atoms with E-state index in [-0.39, 0.29) is 11.1 Å². The maximum absolute atomic E-state index is 12.0. The highest BCUT2D eigenvalue weighted by molar-refractivity contribution is 6.52. The summed E-state index contributed by atoms with van der Waals surface area (Å²) in [6.45, 7) is 2.48. The Morgan fingerprint density at radius 1 is 1.00 bits per heavy atom. The predicted molar refractivity (Wildman–Crippen MR) is 70.4 cm³/mol. The van der Waals surface area contributed by atoms with Crippen molar-refractivity contribution in [2.75, 3.05) is 7.11 Å². The van der Waals surface area contributed by atoms with Crippen molar-refractivity contribution >= 4 is 23.1 Å². The number of fused-ring (bicyclic) bond motifs is 1. The van der Waals surface area contributed by atoms with Crippen molar-refractivity contribution in [1.82, 2.24) is 0 Å². The summed E-state index contributed by atoms with van der Waals surface area (Å²) in [5, 5.41) is 30.2. The van der Waals surface area contributed by atoms with Gasteiger partial charge in [-0.3, -0.25) is 14.4 Å². The van der Waals surface area contributed by atoms with Crippen LogP contribution >= 0.6 is 0 Å². The number of aromatic hydroxyl groups is 2. The van der Waals surface area contributed by atoms with Crippen LogP contribution in [0.15, 0.2) is 5.76 Å². The second-order valence-electron chi connectivity index (χ2n) is 4.54. The van der Waals surface area contributed by atoms with Crippen LogP contribution < -0.4 is 0 Å². The molecule has 3 N–H and O–H groups in total. The Balaban J connectivity index is 3.01. The molecule has 0 radical (unpaired) electrons. The third-order valence-corrected chi connectivity index (χ3v) is 3.34. The largest absolute Gasteiger partial charge is 0.507 e. The summed E-state index contributed by atoms with van der Waals surface area (Å²) in [7, 11) is 1.08. The lowest BCUT2D eigenvalue weighted by atomic mass is 9.86. The van der Waals surface area contributed by atoms with E-state index in [1.54, 1.807) is 0 Å². The molecule has 1 aromatic carbocycles. The number of aliphatic hydroxyl groups excluding tert-OH is 1. The zero-order chi connectivity index (χ0) is 16.1.